The first-order chi connectivity index (χ1) is 15.0. The fraction of sp³-hybridized carbons (Fsp3) is 0.0800. The highest BCUT2D eigenvalue weighted by molar-refractivity contribution is 6.32. The number of carboxylic acids is 1. The Labute approximate surface area is 179 Å². The summed E-state index contributed by atoms with van der Waals surface area (Å²) >= 11 is 0. The first kappa shape index (κ1) is 20.1. The summed E-state index contributed by atoms with van der Waals surface area (Å²) < 4.78 is 5.80. The Morgan fingerprint density at radius 2 is 1.68 bits per heavy atom. The molecule has 0 spiro atoms. The molecule has 1 heterocycles. The molecular weight excluding hydrogens is 392 g/mol. The van der Waals surface area contributed by atoms with Crippen molar-refractivity contribution in [2.45, 2.75) is 13.5 Å². The average molecular weight is 412 g/mol. The van der Waals surface area contributed by atoms with Gasteiger partial charge in [-0.1, -0.05) is 42.5 Å². The van der Waals surface area contributed by atoms with Crippen LogP contribution in [-0.4, -0.2) is 22.7 Å². The summed E-state index contributed by atoms with van der Waals surface area (Å²) in [5.41, 5.74) is 3.70. The number of aromatic carboxylic acids is 1. The Morgan fingerprint density at radius 3 is 2.32 bits per heavy atom. The summed E-state index contributed by atoms with van der Waals surface area (Å²) in [7, 11) is 0. The first-order valence-electron chi connectivity index (χ1n) is 9.73. The van der Waals surface area contributed by atoms with Crippen molar-refractivity contribution >= 4 is 29.4 Å². The zero-order valence-electron chi connectivity index (χ0n) is 16.9. The Morgan fingerprint density at radius 1 is 1.00 bits per heavy atom. The lowest BCUT2D eigenvalue weighted by Crippen LogP contribution is -2.21. The van der Waals surface area contributed by atoms with E-state index in [1.165, 1.54) is 17.1 Å². The number of amides is 1. The van der Waals surface area contributed by atoms with Crippen LogP contribution < -0.4 is 9.75 Å². The van der Waals surface area contributed by atoms with E-state index in [1.807, 2.05) is 54.6 Å². The SMILES string of the molecule is CC1=NN(c2ccc(C(=O)O)cc2)C(=O)C1=Cc1ccc(OCc2ccccc2)cc1. The number of hydrogen-bond donors (Lipinski definition) is 1. The zero-order valence-corrected chi connectivity index (χ0v) is 16.9. The summed E-state index contributed by atoms with van der Waals surface area (Å²) in [5, 5.41) is 14.6. The summed E-state index contributed by atoms with van der Waals surface area (Å²) in [6.45, 7) is 2.26. The molecule has 6 heteroatoms. The molecule has 1 aliphatic rings. The maximum absolute atomic E-state index is 12.9. The van der Waals surface area contributed by atoms with Gasteiger partial charge in [-0.2, -0.15) is 10.1 Å². The van der Waals surface area contributed by atoms with Crippen molar-refractivity contribution in [2.75, 3.05) is 5.01 Å². The predicted molar refractivity (Wildman–Crippen MR) is 119 cm³/mol. The van der Waals surface area contributed by atoms with E-state index in [9.17, 15) is 9.59 Å². The highest BCUT2D eigenvalue weighted by Crippen LogP contribution is 2.26. The molecule has 0 bridgehead atoms. The van der Waals surface area contributed by atoms with E-state index in [0.29, 0.717) is 23.6 Å². The third kappa shape index (κ3) is 4.53. The second kappa shape index (κ2) is 8.67. The van der Waals surface area contributed by atoms with E-state index in [1.54, 1.807) is 25.1 Å². The Balaban J connectivity index is 1.46. The number of carboxylic acid groups (broad SMARTS) is 1. The van der Waals surface area contributed by atoms with Gasteiger partial charge in [-0.25, -0.2) is 4.79 Å². The van der Waals surface area contributed by atoms with Crippen LogP contribution in [0, 0.1) is 0 Å². The van der Waals surface area contributed by atoms with Crippen molar-refractivity contribution in [1.29, 1.82) is 0 Å². The maximum Gasteiger partial charge on any atom is 0.335 e. The van der Waals surface area contributed by atoms with Gasteiger partial charge in [-0.3, -0.25) is 4.79 Å². The van der Waals surface area contributed by atoms with E-state index < -0.39 is 5.97 Å². The van der Waals surface area contributed by atoms with Gasteiger partial charge in [0, 0.05) is 0 Å². The van der Waals surface area contributed by atoms with Crippen LogP contribution in [0.2, 0.25) is 0 Å². The third-order valence-electron chi connectivity index (χ3n) is 4.86. The highest BCUT2D eigenvalue weighted by Gasteiger charge is 2.28. The van der Waals surface area contributed by atoms with Crippen LogP contribution in [0.1, 0.15) is 28.4 Å². The Kier molecular flexibility index (Phi) is 5.62. The molecule has 0 saturated carbocycles. The first-order valence-corrected chi connectivity index (χ1v) is 9.73. The van der Waals surface area contributed by atoms with E-state index in [2.05, 4.69) is 5.10 Å². The van der Waals surface area contributed by atoms with E-state index in [4.69, 9.17) is 9.84 Å². The molecule has 1 N–H and O–H groups in total. The van der Waals surface area contributed by atoms with Crippen molar-refractivity contribution in [3.63, 3.8) is 0 Å². The van der Waals surface area contributed by atoms with Gasteiger partial charge in [0.2, 0.25) is 0 Å². The summed E-state index contributed by atoms with van der Waals surface area (Å²) in [6.07, 6.45) is 1.79. The standard InChI is InChI=1S/C25H20N2O4/c1-17-23(24(28)27(26-17)21-11-9-20(10-12-21)25(29)30)15-18-7-13-22(14-8-18)31-16-19-5-3-2-4-6-19/h2-15H,16H2,1H3,(H,29,30). The molecule has 0 radical (unpaired) electrons. The van der Waals surface area contributed by atoms with Crippen LogP contribution in [0.15, 0.2) is 89.5 Å². The van der Waals surface area contributed by atoms with Gasteiger partial charge in [-0.05, 0) is 60.5 Å². The second-order valence-electron chi connectivity index (χ2n) is 7.06. The number of anilines is 1. The summed E-state index contributed by atoms with van der Waals surface area (Å²) in [4.78, 5) is 23.9. The molecule has 0 unspecified atom stereocenters. The van der Waals surface area contributed by atoms with Crippen LogP contribution in [0.5, 0.6) is 5.75 Å². The molecule has 0 atom stereocenters. The molecule has 1 aliphatic heterocycles. The fourth-order valence-corrected chi connectivity index (χ4v) is 3.17. The van der Waals surface area contributed by atoms with Crippen molar-refractivity contribution in [1.82, 2.24) is 0 Å². The van der Waals surface area contributed by atoms with Crippen LogP contribution in [0.25, 0.3) is 6.08 Å². The number of rotatable bonds is 6. The fourth-order valence-electron chi connectivity index (χ4n) is 3.17. The van der Waals surface area contributed by atoms with Gasteiger partial charge < -0.3 is 9.84 Å². The van der Waals surface area contributed by atoms with Gasteiger partial charge in [0.15, 0.2) is 0 Å². The van der Waals surface area contributed by atoms with Crippen LogP contribution in [-0.2, 0) is 11.4 Å². The number of carbonyl (C=O) groups is 2. The largest absolute Gasteiger partial charge is 0.489 e. The zero-order chi connectivity index (χ0) is 21.8. The molecule has 3 aromatic carbocycles. The van der Waals surface area contributed by atoms with Crippen molar-refractivity contribution in [3.05, 3.63) is 101 Å². The lowest BCUT2D eigenvalue weighted by atomic mass is 10.1. The number of carbonyl (C=O) groups excluding carboxylic acids is 1. The summed E-state index contributed by atoms with van der Waals surface area (Å²) in [6, 6.07) is 23.5. The van der Waals surface area contributed by atoms with Gasteiger partial charge in [-0.15, -0.1) is 0 Å². The smallest absolute Gasteiger partial charge is 0.335 e. The number of hydrogen-bond acceptors (Lipinski definition) is 4. The van der Waals surface area contributed by atoms with Gasteiger partial charge in [0.1, 0.15) is 12.4 Å². The van der Waals surface area contributed by atoms with E-state index in [0.717, 1.165) is 16.9 Å². The van der Waals surface area contributed by atoms with Gasteiger partial charge in [0.25, 0.3) is 5.91 Å². The van der Waals surface area contributed by atoms with Crippen LogP contribution in [0.3, 0.4) is 0 Å². The lowest BCUT2D eigenvalue weighted by molar-refractivity contribution is -0.114. The van der Waals surface area contributed by atoms with Crippen LogP contribution in [0.4, 0.5) is 5.69 Å². The normalized spacial score (nSPS) is 14.6. The van der Waals surface area contributed by atoms with Crippen LogP contribution >= 0.6 is 0 Å². The molecule has 0 saturated heterocycles. The highest BCUT2D eigenvalue weighted by atomic mass is 16.5. The van der Waals surface area contributed by atoms with Gasteiger partial charge >= 0.3 is 5.97 Å². The average Bonchev–Trinajstić information content (AvgIpc) is 3.07. The van der Waals surface area contributed by atoms with Crippen molar-refractivity contribution < 1.29 is 19.4 Å². The number of ether oxygens (including phenoxy) is 1. The Hall–Kier alpha value is -4.19. The molecule has 6 nitrogen and oxygen atoms in total. The summed E-state index contributed by atoms with van der Waals surface area (Å²) in [5.74, 6) is -0.532. The van der Waals surface area contributed by atoms with E-state index >= 15 is 0 Å². The Bertz CT molecular complexity index is 1160. The molecule has 3 aromatic rings. The molecule has 0 aliphatic carbocycles. The predicted octanol–water partition coefficient (Wildman–Crippen LogP) is 4.77. The molecule has 0 fully saturated rings. The van der Waals surface area contributed by atoms with Crippen molar-refractivity contribution in [2.24, 2.45) is 5.10 Å². The number of hydrazone groups is 1. The lowest BCUT2D eigenvalue weighted by Gasteiger charge is -2.11. The van der Waals surface area contributed by atoms with E-state index in [-0.39, 0.29) is 11.5 Å². The molecule has 0 aromatic heterocycles. The minimum absolute atomic E-state index is 0.154. The van der Waals surface area contributed by atoms with Crippen molar-refractivity contribution in [3.8, 4) is 5.75 Å². The minimum atomic E-state index is -1.02. The molecular formula is C25H20N2O4. The monoisotopic (exact) mass is 412 g/mol. The third-order valence-corrected chi connectivity index (χ3v) is 4.86. The quantitative estimate of drug-likeness (QED) is 0.592. The molecule has 154 valence electrons. The molecule has 4 rings (SSSR count). The number of benzene rings is 3. The minimum Gasteiger partial charge on any atom is -0.489 e. The molecule has 1 amide bonds. The number of nitrogens with zero attached hydrogens (tertiary/aromatic N) is 2. The second-order valence-corrected chi connectivity index (χ2v) is 7.06. The topological polar surface area (TPSA) is 79.2 Å². The molecule has 31 heavy (non-hydrogen) atoms. The van der Waals surface area contributed by atoms with Gasteiger partial charge in [0.05, 0.1) is 22.5 Å². The maximum atomic E-state index is 12.9.